The number of benzene rings is 2. The number of aryl methyl sites for hydroxylation is 1. The molecule has 2 aliphatic rings. The Kier molecular flexibility index (Phi) is 6.97. The fraction of sp³-hybridized carbons (Fsp3) is 0.414. The molecule has 6 rings (SSSR count). The predicted octanol–water partition coefficient (Wildman–Crippen LogP) is 4.12. The van der Waals surface area contributed by atoms with Gasteiger partial charge in [-0.3, -0.25) is 9.58 Å². The molecule has 10 heteroatoms. The molecule has 0 unspecified atom stereocenters. The molecule has 2 N–H and O–H groups in total. The summed E-state index contributed by atoms with van der Waals surface area (Å²) in [7, 11) is 7.42. The number of fused-ring (bicyclic) bond motifs is 1. The minimum absolute atomic E-state index is 0.402. The molecular formula is C29H36N8O2. The smallest absolute Gasteiger partial charge is 0.144 e. The molecular weight excluding hydrogens is 492 g/mol. The first-order valence-electron chi connectivity index (χ1n) is 13.5. The highest BCUT2D eigenvalue weighted by atomic mass is 16.5. The van der Waals surface area contributed by atoms with Crippen molar-refractivity contribution in [2.45, 2.75) is 25.0 Å². The molecule has 4 heterocycles. The normalized spacial score (nSPS) is 16.9. The van der Waals surface area contributed by atoms with E-state index in [2.05, 4.69) is 65.8 Å². The summed E-state index contributed by atoms with van der Waals surface area (Å²) in [6, 6.07) is 13.0. The van der Waals surface area contributed by atoms with Gasteiger partial charge < -0.3 is 25.0 Å². The van der Waals surface area contributed by atoms with Crippen LogP contribution >= 0.6 is 0 Å². The Morgan fingerprint density at radius 3 is 2.54 bits per heavy atom. The summed E-state index contributed by atoms with van der Waals surface area (Å²) in [5.74, 6) is 1.47. The number of nitrogens with one attached hydrogen (secondary N) is 2. The van der Waals surface area contributed by atoms with Crippen LogP contribution in [0, 0.1) is 0 Å². The van der Waals surface area contributed by atoms with E-state index in [1.54, 1.807) is 13.4 Å². The molecule has 0 radical (unpaired) electrons. The van der Waals surface area contributed by atoms with Crippen molar-refractivity contribution in [1.82, 2.24) is 24.6 Å². The van der Waals surface area contributed by atoms with Gasteiger partial charge in [0.2, 0.25) is 0 Å². The first-order chi connectivity index (χ1) is 19.1. The quantitative estimate of drug-likeness (QED) is 0.350. The van der Waals surface area contributed by atoms with Crippen molar-refractivity contribution in [3.8, 4) is 17.0 Å². The van der Waals surface area contributed by atoms with E-state index in [9.17, 15) is 0 Å². The van der Waals surface area contributed by atoms with Crippen molar-refractivity contribution in [2.75, 3.05) is 63.0 Å². The van der Waals surface area contributed by atoms with E-state index >= 15 is 0 Å². The summed E-state index contributed by atoms with van der Waals surface area (Å²) < 4.78 is 13.2. The first-order valence-corrected chi connectivity index (χ1v) is 13.5. The maximum atomic E-state index is 5.83. The zero-order valence-corrected chi connectivity index (χ0v) is 23.0. The predicted molar refractivity (Wildman–Crippen MR) is 155 cm³/mol. The van der Waals surface area contributed by atoms with Gasteiger partial charge in [-0.2, -0.15) is 5.10 Å². The lowest BCUT2D eigenvalue weighted by molar-refractivity contribution is -0.0546. The van der Waals surface area contributed by atoms with Crippen molar-refractivity contribution in [3.05, 3.63) is 48.9 Å². The summed E-state index contributed by atoms with van der Waals surface area (Å²) in [5, 5.41) is 12.3. The van der Waals surface area contributed by atoms with E-state index < -0.39 is 0 Å². The number of piperidine rings is 1. The number of methoxy groups -OCH3 is 2. The van der Waals surface area contributed by atoms with Crippen molar-refractivity contribution in [3.63, 3.8) is 0 Å². The highest BCUT2D eigenvalue weighted by molar-refractivity contribution is 5.85. The minimum atomic E-state index is 0.402. The van der Waals surface area contributed by atoms with Crippen LogP contribution in [0.15, 0.2) is 48.9 Å². The third-order valence-corrected chi connectivity index (χ3v) is 8.09. The fourth-order valence-electron chi connectivity index (χ4n) is 5.73. The molecule has 0 aliphatic carbocycles. The molecule has 10 nitrogen and oxygen atoms in total. The Morgan fingerprint density at radius 2 is 1.79 bits per heavy atom. The summed E-state index contributed by atoms with van der Waals surface area (Å²) in [6.07, 6.45) is 6.16. The van der Waals surface area contributed by atoms with Crippen molar-refractivity contribution < 1.29 is 9.47 Å². The van der Waals surface area contributed by atoms with Crippen LogP contribution < -0.4 is 20.3 Å². The van der Waals surface area contributed by atoms with E-state index in [-0.39, 0.29) is 0 Å². The monoisotopic (exact) mass is 528 g/mol. The Labute approximate surface area is 228 Å². The second kappa shape index (κ2) is 10.7. The van der Waals surface area contributed by atoms with Crippen LogP contribution in [0.2, 0.25) is 0 Å². The molecule has 204 valence electrons. The van der Waals surface area contributed by atoms with Gasteiger partial charge in [-0.15, -0.1) is 0 Å². The van der Waals surface area contributed by atoms with E-state index in [0.717, 1.165) is 84.0 Å². The third kappa shape index (κ3) is 4.97. The summed E-state index contributed by atoms with van der Waals surface area (Å²) in [5.41, 5.74) is 5.99. The van der Waals surface area contributed by atoms with Crippen molar-refractivity contribution in [1.29, 1.82) is 0 Å². The van der Waals surface area contributed by atoms with Crippen LogP contribution in [0.25, 0.3) is 22.2 Å². The second-order valence-electron chi connectivity index (χ2n) is 10.3. The minimum Gasteiger partial charge on any atom is -0.494 e. The zero-order valence-electron chi connectivity index (χ0n) is 23.0. The van der Waals surface area contributed by atoms with Gasteiger partial charge in [0.15, 0.2) is 0 Å². The van der Waals surface area contributed by atoms with Crippen molar-refractivity contribution in [2.24, 2.45) is 7.05 Å². The van der Waals surface area contributed by atoms with Crippen LogP contribution in [-0.2, 0) is 11.8 Å². The maximum absolute atomic E-state index is 5.83. The molecule has 2 aromatic heterocycles. The number of likely N-dealkylation sites (tertiary alicyclic amines) is 1. The SMILES string of the molecule is CNc1cc(Nc2cc(-c3ccc4c(cnn4C)c3)ncn2)c(OC)cc1N1CCC(N2CC(OC)C2)CC1. The maximum Gasteiger partial charge on any atom is 0.144 e. The molecule has 2 saturated heterocycles. The Morgan fingerprint density at radius 1 is 0.974 bits per heavy atom. The molecule has 39 heavy (non-hydrogen) atoms. The second-order valence-corrected chi connectivity index (χ2v) is 10.3. The highest BCUT2D eigenvalue weighted by Gasteiger charge is 2.34. The van der Waals surface area contributed by atoms with Gasteiger partial charge in [0.1, 0.15) is 17.9 Å². The molecule has 0 atom stereocenters. The number of hydrogen-bond donors (Lipinski definition) is 2. The Balaban J connectivity index is 1.20. The fourth-order valence-corrected chi connectivity index (χ4v) is 5.73. The Hall–Kier alpha value is -3.89. The first kappa shape index (κ1) is 25.4. The van der Waals surface area contributed by atoms with Gasteiger partial charge in [0.05, 0.1) is 47.7 Å². The van der Waals surface area contributed by atoms with Gasteiger partial charge in [-0.1, -0.05) is 6.07 Å². The van der Waals surface area contributed by atoms with Crippen LogP contribution in [-0.4, -0.2) is 84.2 Å². The van der Waals surface area contributed by atoms with E-state index in [4.69, 9.17) is 9.47 Å². The van der Waals surface area contributed by atoms with Crippen molar-refractivity contribution >= 4 is 33.8 Å². The summed E-state index contributed by atoms with van der Waals surface area (Å²) >= 11 is 0. The summed E-state index contributed by atoms with van der Waals surface area (Å²) in [4.78, 5) is 14.0. The van der Waals surface area contributed by atoms with Crippen LogP contribution in [0.1, 0.15) is 12.8 Å². The highest BCUT2D eigenvalue weighted by Crippen LogP contribution is 2.39. The molecule has 0 spiro atoms. The van der Waals surface area contributed by atoms with Gasteiger partial charge >= 0.3 is 0 Å². The number of aromatic nitrogens is 4. The van der Waals surface area contributed by atoms with E-state index in [1.807, 2.05) is 38.2 Å². The molecule has 2 aliphatic heterocycles. The lowest BCUT2D eigenvalue weighted by atomic mass is 9.98. The Bertz CT molecular complexity index is 1460. The largest absolute Gasteiger partial charge is 0.494 e. The molecule has 0 bridgehead atoms. The van der Waals surface area contributed by atoms with Crippen LogP contribution in [0.5, 0.6) is 5.75 Å². The number of rotatable bonds is 8. The molecule has 2 aromatic carbocycles. The molecule has 4 aromatic rings. The number of hydrogen-bond acceptors (Lipinski definition) is 9. The van der Waals surface area contributed by atoms with Crippen LogP contribution in [0.4, 0.5) is 22.9 Å². The molecule has 0 amide bonds. The van der Waals surface area contributed by atoms with E-state index in [0.29, 0.717) is 18.0 Å². The molecule has 2 fully saturated rings. The standard InChI is InChI=1S/C29H36N8O2/c1-30-24-12-25(28(39-4)14-27(24)36-9-7-21(8-10-36)37-16-22(17-37)38-3)34-29-13-23(31-18-32-29)19-5-6-26-20(11-19)15-33-35(26)2/h5-6,11-15,18,21-22,30H,7-10,16-17H2,1-4H3,(H,31,32,34). The van der Waals surface area contributed by atoms with Gasteiger partial charge in [0.25, 0.3) is 0 Å². The lowest BCUT2D eigenvalue weighted by Gasteiger charge is -2.47. The average Bonchev–Trinajstić information content (AvgIpc) is 3.32. The summed E-state index contributed by atoms with van der Waals surface area (Å²) in [6.45, 7) is 4.14. The number of nitrogens with zero attached hydrogens (tertiary/aromatic N) is 6. The van der Waals surface area contributed by atoms with Crippen LogP contribution in [0.3, 0.4) is 0 Å². The lowest BCUT2D eigenvalue weighted by Crippen LogP contribution is -2.58. The number of anilines is 4. The molecule has 0 saturated carbocycles. The number of ether oxygens (including phenoxy) is 2. The van der Waals surface area contributed by atoms with Gasteiger partial charge in [-0.05, 0) is 31.0 Å². The zero-order chi connectivity index (χ0) is 26.9. The third-order valence-electron chi connectivity index (χ3n) is 8.09. The van der Waals surface area contributed by atoms with E-state index in [1.165, 1.54) is 0 Å². The average molecular weight is 529 g/mol. The van der Waals surface area contributed by atoms with Gasteiger partial charge in [0, 0.05) is 76.5 Å². The van der Waals surface area contributed by atoms with Gasteiger partial charge in [-0.25, -0.2) is 9.97 Å². The topological polar surface area (TPSA) is 92.6 Å².